The molecule has 0 saturated carbocycles. The van der Waals surface area contributed by atoms with E-state index in [2.05, 4.69) is 4.72 Å². The van der Waals surface area contributed by atoms with Crippen LogP contribution in [-0.4, -0.2) is 20.8 Å². The molecule has 10 heteroatoms. The largest absolute Gasteiger partial charge is 0.477 e. The molecule has 1 atom stereocenters. The Hall–Kier alpha value is -2.69. The fourth-order valence-electron chi connectivity index (χ4n) is 2.18. The first-order valence-electron chi connectivity index (χ1n) is 7.13. The molecule has 3 rings (SSSR count). The number of nitrogens with one attached hydrogen (secondary N) is 1. The molecule has 4 N–H and O–H groups in total. The number of hydrogen-bond donors (Lipinski definition) is 2. The molecule has 0 fully saturated rings. The van der Waals surface area contributed by atoms with Crippen molar-refractivity contribution in [3.63, 3.8) is 0 Å². The summed E-state index contributed by atoms with van der Waals surface area (Å²) in [5, 5.41) is 9.33. The second kappa shape index (κ2) is 8.33. The summed E-state index contributed by atoms with van der Waals surface area (Å²) in [5.41, 5.74) is 0.738. The van der Waals surface area contributed by atoms with Crippen LogP contribution in [0.5, 0.6) is 0 Å². The van der Waals surface area contributed by atoms with Gasteiger partial charge in [-0.05, 0) is 23.8 Å². The van der Waals surface area contributed by atoms with Gasteiger partial charge in [-0.3, -0.25) is 4.72 Å². The first-order valence-corrected chi connectivity index (χ1v) is 9.09. The number of benzene rings is 2. The third-order valence-corrected chi connectivity index (χ3v) is 5.68. The van der Waals surface area contributed by atoms with Crippen LogP contribution in [0.3, 0.4) is 0 Å². The first-order chi connectivity index (χ1) is 12.4. The first kappa shape index (κ1) is 20.6. The number of anilines is 1. The normalized spacial score (nSPS) is 11.5. The number of carboxylic acid groups (broad SMARTS) is 1. The Labute approximate surface area is 158 Å². The molecule has 1 heterocycles. The molecule has 142 valence electrons. The van der Waals surface area contributed by atoms with Crippen molar-refractivity contribution in [1.82, 2.24) is 0 Å². The Kier molecular flexibility index (Phi) is 6.37. The molecular weight excluding hydrogens is 403 g/mol. The summed E-state index contributed by atoms with van der Waals surface area (Å²) in [7, 11) is -2.32. The smallest absolute Gasteiger partial charge is 0.348 e. The molecule has 0 aliphatic carbocycles. The van der Waals surface area contributed by atoms with Gasteiger partial charge in [-0.15, -0.1) is 11.3 Å². The van der Waals surface area contributed by atoms with Crippen LogP contribution in [-0.2, 0) is 11.0 Å². The van der Waals surface area contributed by atoms with Gasteiger partial charge in [0.1, 0.15) is 4.88 Å². The van der Waals surface area contributed by atoms with Crippen LogP contribution in [0, 0.1) is 17.5 Å². The molecule has 2 aromatic carbocycles. The molecule has 1 unspecified atom stereocenters. The van der Waals surface area contributed by atoms with Crippen molar-refractivity contribution in [2.45, 2.75) is 4.90 Å². The highest BCUT2D eigenvalue weighted by molar-refractivity contribution is 7.86. The van der Waals surface area contributed by atoms with Gasteiger partial charge in [0.05, 0.1) is 10.6 Å². The van der Waals surface area contributed by atoms with E-state index in [1.54, 1.807) is 30.3 Å². The van der Waals surface area contributed by atoms with Gasteiger partial charge in [0.25, 0.3) is 0 Å². The van der Waals surface area contributed by atoms with Crippen molar-refractivity contribution in [3.05, 3.63) is 70.9 Å². The number of halogens is 3. The van der Waals surface area contributed by atoms with E-state index in [4.69, 9.17) is 0 Å². The SMILES string of the molecule is O.O=C(O)c1sc(-c2ccccc2)cc1NS(=O)c1ccc(F)c(F)c1F. The lowest BCUT2D eigenvalue weighted by molar-refractivity contribution is 0.0703. The minimum absolute atomic E-state index is 0. The summed E-state index contributed by atoms with van der Waals surface area (Å²) < 4.78 is 54.8. The monoisotopic (exact) mass is 415 g/mol. The fourth-order valence-corrected chi connectivity index (χ4v) is 4.11. The van der Waals surface area contributed by atoms with Gasteiger partial charge < -0.3 is 10.6 Å². The van der Waals surface area contributed by atoms with Crippen LogP contribution in [0.4, 0.5) is 18.9 Å². The summed E-state index contributed by atoms with van der Waals surface area (Å²) in [6, 6.07) is 11.8. The maximum absolute atomic E-state index is 13.8. The molecule has 0 aliphatic heterocycles. The molecule has 1 aromatic heterocycles. The van der Waals surface area contributed by atoms with E-state index in [1.807, 2.05) is 0 Å². The van der Waals surface area contributed by atoms with Gasteiger partial charge in [0, 0.05) is 4.88 Å². The Bertz CT molecular complexity index is 1010. The van der Waals surface area contributed by atoms with Crippen LogP contribution in [0.1, 0.15) is 9.67 Å². The van der Waals surface area contributed by atoms with E-state index in [0.717, 1.165) is 23.0 Å². The standard InChI is InChI=1S/C17H10F3NO3S2.H2O/c18-10-6-7-13(15(20)14(10)19)26(24)21-11-8-12(25-16(11)17(22)23)9-4-2-1-3-5-9;/h1-8,21H,(H,22,23);1H2. The number of hydrogen-bond acceptors (Lipinski definition) is 3. The van der Waals surface area contributed by atoms with E-state index in [1.165, 1.54) is 6.07 Å². The number of thiophene rings is 1. The summed E-state index contributed by atoms with van der Waals surface area (Å²) >= 11 is 0.943. The highest BCUT2D eigenvalue weighted by Gasteiger charge is 2.22. The Balaban J connectivity index is 0.00000261. The predicted octanol–water partition coefficient (Wildman–Crippen LogP) is 3.84. The summed E-state index contributed by atoms with van der Waals surface area (Å²) in [6.45, 7) is 0. The fraction of sp³-hybridized carbons (Fsp3) is 0. The van der Waals surface area contributed by atoms with Crippen LogP contribution in [0.15, 0.2) is 53.4 Å². The lowest BCUT2D eigenvalue weighted by Crippen LogP contribution is -2.10. The van der Waals surface area contributed by atoms with E-state index < -0.39 is 39.3 Å². The van der Waals surface area contributed by atoms with Gasteiger partial charge >= 0.3 is 5.97 Å². The third-order valence-electron chi connectivity index (χ3n) is 3.39. The van der Waals surface area contributed by atoms with Crippen LogP contribution < -0.4 is 4.72 Å². The minimum atomic E-state index is -2.32. The average Bonchev–Trinajstić information content (AvgIpc) is 3.04. The quantitative estimate of drug-likeness (QED) is 0.620. The Morgan fingerprint density at radius 2 is 1.70 bits per heavy atom. The number of aromatic carboxylic acids is 1. The van der Waals surface area contributed by atoms with Crippen LogP contribution in [0.25, 0.3) is 10.4 Å². The lowest BCUT2D eigenvalue weighted by atomic mass is 10.2. The molecule has 0 spiro atoms. The molecule has 0 bridgehead atoms. The van der Waals surface area contributed by atoms with E-state index in [-0.39, 0.29) is 16.0 Å². The molecule has 0 saturated heterocycles. The van der Waals surface area contributed by atoms with Gasteiger partial charge in [0.2, 0.25) is 0 Å². The minimum Gasteiger partial charge on any atom is -0.477 e. The molecule has 0 amide bonds. The van der Waals surface area contributed by atoms with Gasteiger partial charge in [0.15, 0.2) is 28.4 Å². The molecular formula is C17H12F3NO4S2. The molecule has 3 aromatic rings. The Morgan fingerprint density at radius 1 is 1.04 bits per heavy atom. The molecule has 5 nitrogen and oxygen atoms in total. The van der Waals surface area contributed by atoms with Crippen LogP contribution >= 0.6 is 11.3 Å². The van der Waals surface area contributed by atoms with E-state index in [9.17, 15) is 27.3 Å². The molecule has 0 aliphatic rings. The number of carbonyl (C=O) groups is 1. The van der Waals surface area contributed by atoms with Crippen molar-refractivity contribution >= 4 is 34.0 Å². The van der Waals surface area contributed by atoms with Crippen LogP contribution in [0.2, 0.25) is 0 Å². The number of carboxylic acids is 1. The Morgan fingerprint density at radius 3 is 2.33 bits per heavy atom. The topological polar surface area (TPSA) is 97.9 Å². The van der Waals surface area contributed by atoms with Gasteiger partial charge in [-0.25, -0.2) is 22.2 Å². The second-order valence-electron chi connectivity index (χ2n) is 5.07. The summed E-state index contributed by atoms with van der Waals surface area (Å²) in [6.07, 6.45) is 0. The van der Waals surface area contributed by atoms with E-state index >= 15 is 0 Å². The molecule has 0 radical (unpaired) electrons. The van der Waals surface area contributed by atoms with Crippen molar-refractivity contribution in [2.75, 3.05) is 4.72 Å². The van der Waals surface area contributed by atoms with E-state index in [0.29, 0.717) is 10.9 Å². The van der Waals surface area contributed by atoms with Crippen molar-refractivity contribution in [1.29, 1.82) is 0 Å². The highest BCUT2D eigenvalue weighted by Crippen LogP contribution is 2.35. The maximum Gasteiger partial charge on any atom is 0.348 e. The zero-order valence-corrected chi connectivity index (χ0v) is 15.0. The zero-order chi connectivity index (χ0) is 18.8. The second-order valence-corrected chi connectivity index (χ2v) is 7.30. The van der Waals surface area contributed by atoms with Crippen molar-refractivity contribution in [3.8, 4) is 10.4 Å². The zero-order valence-electron chi connectivity index (χ0n) is 13.3. The molecule has 27 heavy (non-hydrogen) atoms. The highest BCUT2D eigenvalue weighted by atomic mass is 32.2. The van der Waals surface area contributed by atoms with Gasteiger partial charge in [-0.2, -0.15) is 0 Å². The summed E-state index contributed by atoms with van der Waals surface area (Å²) in [4.78, 5) is 11.3. The number of rotatable bonds is 5. The van der Waals surface area contributed by atoms with Crippen molar-refractivity contribution < 1.29 is 32.8 Å². The third kappa shape index (κ3) is 4.18. The summed E-state index contributed by atoms with van der Waals surface area (Å²) in [5.74, 6) is -6.00. The maximum atomic E-state index is 13.8. The average molecular weight is 415 g/mol. The predicted molar refractivity (Wildman–Crippen MR) is 96.7 cm³/mol. The van der Waals surface area contributed by atoms with Crippen molar-refractivity contribution in [2.24, 2.45) is 0 Å². The lowest BCUT2D eigenvalue weighted by Gasteiger charge is -2.07. The van der Waals surface area contributed by atoms with Gasteiger partial charge in [-0.1, -0.05) is 30.3 Å².